The van der Waals surface area contributed by atoms with E-state index >= 15 is 0 Å². The van der Waals surface area contributed by atoms with Crippen molar-refractivity contribution in [3.63, 3.8) is 0 Å². The number of para-hydroxylation sites is 2. The molecule has 2 heterocycles. The summed E-state index contributed by atoms with van der Waals surface area (Å²) in [5.41, 5.74) is 3.77. The van der Waals surface area contributed by atoms with Gasteiger partial charge in [0.2, 0.25) is 0 Å². The Morgan fingerprint density at radius 2 is 1.96 bits per heavy atom. The third-order valence-corrected chi connectivity index (χ3v) is 4.49. The number of nitrogens with zero attached hydrogens (tertiary/aromatic N) is 3. The fraction of sp³-hybridized carbons (Fsp3) is 0.105. The molecule has 7 nitrogen and oxygen atoms in total. The van der Waals surface area contributed by atoms with Gasteiger partial charge < -0.3 is 15.2 Å². The van der Waals surface area contributed by atoms with Gasteiger partial charge in [0.25, 0.3) is 5.91 Å². The van der Waals surface area contributed by atoms with Crippen LogP contribution in [0.15, 0.2) is 48.5 Å². The minimum absolute atomic E-state index is 0.326. The zero-order chi connectivity index (χ0) is 19.0. The van der Waals surface area contributed by atoms with Crippen LogP contribution < -0.4 is 10.2 Å². The molecule has 0 bridgehead atoms. The Hall–Kier alpha value is -3.32. The normalized spacial score (nSPS) is 10.9. The van der Waals surface area contributed by atoms with Crippen LogP contribution >= 0.6 is 11.6 Å². The van der Waals surface area contributed by atoms with Crippen LogP contribution in [0.25, 0.3) is 22.6 Å². The molecule has 2 aromatic heterocycles. The molecule has 4 aromatic rings. The molecule has 1 amide bonds. The number of amides is 1. The summed E-state index contributed by atoms with van der Waals surface area (Å²) in [7, 11) is 3.82. The summed E-state index contributed by atoms with van der Waals surface area (Å²) in [6.45, 7) is 0. The van der Waals surface area contributed by atoms with Gasteiger partial charge in [-0.3, -0.25) is 9.89 Å². The van der Waals surface area contributed by atoms with Crippen molar-refractivity contribution in [3.8, 4) is 11.5 Å². The van der Waals surface area contributed by atoms with Crippen molar-refractivity contribution in [3.05, 3.63) is 59.1 Å². The van der Waals surface area contributed by atoms with Crippen molar-refractivity contribution in [2.75, 3.05) is 24.3 Å². The third-order valence-electron chi connectivity index (χ3n) is 4.18. The average molecular weight is 381 g/mol. The Morgan fingerprint density at radius 1 is 1.15 bits per heavy atom. The first-order valence-electron chi connectivity index (χ1n) is 8.30. The van der Waals surface area contributed by atoms with Crippen molar-refractivity contribution in [1.29, 1.82) is 0 Å². The molecule has 0 fully saturated rings. The molecule has 0 aliphatic carbocycles. The number of H-pyrrole nitrogens is 2. The number of aromatic amines is 2. The second-order valence-electron chi connectivity index (χ2n) is 6.28. The number of benzene rings is 2. The molecular weight excluding hydrogens is 364 g/mol. The lowest BCUT2D eigenvalue weighted by molar-refractivity contribution is 0.102. The summed E-state index contributed by atoms with van der Waals surface area (Å²) in [5, 5.41) is 10.1. The van der Waals surface area contributed by atoms with E-state index in [9.17, 15) is 4.79 Å². The second kappa shape index (κ2) is 6.77. The molecule has 2 aromatic carbocycles. The topological polar surface area (TPSA) is 89.7 Å². The second-order valence-corrected chi connectivity index (χ2v) is 6.69. The maximum Gasteiger partial charge on any atom is 0.258 e. The fourth-order valence-corrected chi connectivity index (χ4v) is 3.00. The fourth-order valence-electron chi connectivity index (χ4n) is 2.74. The molecular formula is C19H17ClN6O. The van der Waals surface area contributed by atoms with Crippen LogP contribution in [0.4, 0.5) is 11.5 Å². The van der Waals surface area contributed by atoms with Crippen LogP contribution in [0.3, 0.4) is 0 Å². The molecule has 27 heavy (non-hydrogen) atoms. The maximum absolute atomic E-state index is 12.5. The number of hydrogen-bond acceptors (Lipinski definition) is 4. The minimum atomic E-state index is -0.326. The summed E-state index contributed by atoms with van der Waals surface area (Å²) in [5.74, 6) is 0.716. The number of carbonyl (C=O) groups excluding carboxylic acids is 1. The minimum Gasteiger partial charge on any atom is -0.378 e. The van der Waals surface area contributed by atoms with Gasteiger partial charge in [0.1, 0.15) is 5.69 Å². The van der Waals surface area contributed by atoms with Gasteiger partial charge in [-0.05, 0) is 30.3 Å². The van der Waals surface area contributed by atoms with Crippen LogP contribution in [0.2, 0.25) is 5.02 Å². The van der Waals surface area contributed by atoms with E-state index in [-0.39, 0.29) is 5.91 Å². The number of anilines is 2. The van der Waals surface area contributed by atoms with Gasteiger partial charge in [-0.25, -0.2) is 4.98 Å². The Kier molecular flexibility index (Phi) is 4.29. The number of aromatic nitrogens is 4. The van der Waals surface area contributed by atoms with E-state index in [1.807, 2.05) is 49.3 Å². The number of halogens is 1. The van der Waals surface area contributed by atoms with Crippen LogP contribution in [-0.4, -0.2) is 40.2 Å². The summed E-state index contributed by atoms with van der Waals surface area (Å²) in [4.78, 5) is 22.2. The predicted molar refractivity (Wildman–Crippen MR) is 107 cm³/mol. The van der Waals surface area contributed by atoms with E-state index in [0.717, 1.165) is 16.7 Å². The van der Waals surface area contributed by atoms with Crippen molar-refractivity contribution < 1.29 is 4.79 Å². The van der Waals surface area contributed by atoms with E-state index in [1.165, 1.54) is 0 Å². The summed E-state index contributed by atoms with van der Waals surface area (Å²) in [6.07, 6.45) is 0. The highest BCUT2D eigenvalue weighted by Gasteiger charge is 2.14. The predicted octanol–water partition coefficient (Wildman–Crippen LogP) is 3.92. The number of carbonyl (C=O) groups is 1. The van der Waals surface area contributed by atoms with Crippen LogP contribution in [-0.2, 0) is 0 Å². The van der Waals surface area contributed by atoms with Crippen molar-refractivity contribution in [2.45, 2.75) is 0 Å². The lowest BCUT2D eigenvalue weighted by atomic mass is 10.2. The van der Waals surface area contributed by atoms with E-state index in [2.05, 4.69) is 25.5 Å². The molecule has 0 radical (unpaired) electrons. The standard InChI is InChI=1S/C19H17ClN6O/c1-26(2)11-7-8-12(13(20)9-11)19(27)23-17-10-16(24-25-17)18-21-14-5-3-4-6-15(14)22-18/h3-10H,1-2H3,(H,21,22)(H2,23,24,25,27). The molecule has 136 valence electrons. The molecule has 0 unspecified atom stereocenters. The lowest BCUT2D eigenvalue weighted by Gasteiger charge is -2.13. The molecule has 8 heteroatoms. The number of hydrogen-bond donors (Lipinski definition) is 3. The zero-order valence-electron chi connectivity index (χ0n) is 14.7. The Bertz CT molecular complexity index is 1100. The highest BCUT2D eigenvalue weighted by molar-refractivity contribution is 6.34. The zero-order valence-corrected chi connectivity index (χ0v) is 15.5. The largest absolute Gasteiger partial charge is 0.378 e. The van der Waals surface area contributed by atoms with Gasteiger partial charge in [0.15, 0.2) is 11.6 Å². The van der Waals surface area contributed by atoms with Gasteiger partial charge >= 0.3 is 0 Å². The number of rotatable bonds is 4. The molecule has 0 aliphatic heterocycles. The van der Waals surface area contributed by atoms with Gasteiger partial charge in [-0.2, -0.15) is 5.10 Å². The quantitative estimate of drug-likeness (QED) is 0.500. The summed E-state index contributed by atoms with van der Waals surface area (Å²) >= 11 is 6.25. The first-order valence-corrected chi connectivity index (χ1v) is 8.68. The smallest absolute Gasteiger partial charge is 0.258 e. The molecule has 0 atom stereocenters. The number of imidazole rings is 1. The van der Waals surface area contributed by atoms with E-state index < -0.39 is 0 Å². The first-order chi connectivity index (χ1) is 13.0. The molecule has 3 N–H and O–H groups in total. The Morgan fingerprint density at radius 3 is 2.70 bits per heavy atom. The van der Waals surface area contributed by atoms with Crippen molar-refractivity contribution >= 4 is 40.0 Å². The summed E-state index contributed by atoms with van der Waals surface area (Å²) < 4.78 is 0. The SMILES string of the molecule is CN(C)c1ccc(C(=O)Nc2cc(-c3nc4ccccc4[nH]3)[nH]n2)c(Cl)c1. The highest BCUT2D eigenvalue weighted by Crippen LogP contribution is 2.24. The Balaban J connectivity index is 1.54. The molecule has 0 saturated carbocycles. The van der Waals surface area contributed by atoms with Gasteiger partial charge in [0, 0.05) is 25.8 Å². The van der Waals surface area contributed by atoms with Gasteiger partial charge in [0.05, 0.1) is 21.6 Å². The van der Waals surface area contributed by atoms with Gasteiger partial charge in [-0.15, -0.1) is 0 Å². The van der Waals surface area contributed by atoms with Crippen molar-refractivity contribution in [2.24, 2.45) is 0 Å². The van der Waals surface area contributed by atoms with E-state index in [0.29, 0.717) is 27.9 Å². The van der Waals surface area contributed by atoms with E-state index in [1.54, 1.807) is 18.2 Å². The molecule has 0 spiro atoms. The van der Waals surface area contributed by atoms with Crippen LogP contribution in [0.5, 0.6) is 0 Å². The summed E-state index contributed by atoms with van der Waals surface area (Å²) in [6, 6.07) is 14.7. The highest BCUT2D eigenvalue weighted by atomic mass is 35.5. The van der Waals surface area contributed by atoms with Gasteiger partial charge in [-0.1, -0.05) is 23.7 Å². The maximum atomic E-state index is 12.5. The Labute approximate surface area is 160 Å². The van der Waals surface area contributed by atoms with Crippen LogP contribution in [0.1, 0.15) is 10.4 Å². The van der Waals surface area contributed by atoms with Crippen LogP contribution in [0, 0.1) is 0 Å². The van der Waals surface area contributed by atoms with Crippen molar-refractivity contribution in [1.82, 2.24) is 20.2 Å². The number of nitrogens with one attached hydrogen (secondary N) is 3. The third kappa shape index (κ3) is 3.37. The first kappa shape index (κ1) is 17.1. The lowest BCUT2D eigenvalue weighted by Crippen LogP contribution is -2.14. The average Bonchev–Trinajstić information content (AvgIpc) is 3.27. The number of fused-ring (bicyclic) bond motifs is 1. The monoisotopic (exact) mass is 380 g/mol. The molecule has 4 rings (SSSR count). The van der Waals surface area contributed by atoms with E-state index in [4.69, 9.17) is 11.6 Å². The molecule has 0 saturated heterocycles. The molecule has 0 aliphatic rings.